The molecule has 0 bridgehead atoms. The molecule has 5 nitrogen and oxygen atoms in total. The molecule has 0 heterocycles. The third-order valence-electron chi connectivity index (χ3n) is 2.75. The van der Waals surface area contributed by atoms with E-state index >= 15 is 0 Å². The molecule has 0 unspecified atom stereocenters. The van der Waals surface area contributed by atoms with Crippen LogP contribution in [0.3, 0.4) is 0 Å². The number of hydrogen-bond acceptors (Lipinski definition) is 5. The van der Waals surface area contributed by atoms with Crippen LogP contribution < -0.4 is 10.5 Å². The minimum atomic E-state index is -0.491. The molecule has 0 aliphatic carbocycles. The lowest BCUT2D eigenvalue weighted by molar-refractivity contribution is 0.0469. The van der Waals surface area contributed by atoms with Gasteiger partial charge in [-0.3, -0.25) is 0 Å². The van der Waals surface area contributed by atoms with Crippen molar-refractivity contribution in [1.29, 1.82) is 0 Å². The van der Waals surface area contributed by atoms with Gasteiger partial charge in [-0.15, -0.1) is 0 Å². The molecule has 2 rings (SSSR count). The fourth-order valence-electron chi connectivity index (χ4n) is 1.70. The summed E-state index contributed by atoms with van der Waals surface area (Å²) in [6.07, 6.45) is 0. The summed E-state index contributed by atoms with van der Waals surface area (Å²) >= 11 is 0. The maximum atomic E-state index is 12.0. The van der Waals surface area contributed by atoms with Crippen molar-refractivity contribution in [2.75, 3.05) is 12.8 Å². The minimum Gasteiger partial charge on any atom is -0.508 e. The monoisotopic (exact) mass is 273 g/mol. The Hall–Kier alpha value is -2.69. The number of phenolic OH excluding ortho intramolecular Hbond substituents is 1. The number of aromatic hydroxyl groups is 1. The van der Waals surface area contributed by atoms with E-state index in [1.54, 1.807) is 30.3 Å². The highest BCUT2D eigenvalue weighted by atomic mass is 16.5. The average molecular weight is 273 g/mol. The van der Waals surface area contributed by atoms with Crippen LogP contribution in [0.25, 0.3) is 0 Å². The summed E-state index contributed by atoms with van der Waals surface area (Å²) in [6, 6.07) is 11.2. The predicted octanol–water partition coefficient (Wildman–Crippen LogP) is 2.34. The number of nitrogens with two attached hydrogens (primary N) is 1. The quantitative estimate of drug-likeness (QED) is 0.660. The third kappa shape index (κ3) is 3.20. The van der Waals surface area contributed by atoms with Crippen LogP contribution in [0.1, 0.15) is 15.9 Å². The lowest BCUT2D eigenvalue weighted by Gasteiger charge is -2.09. The molecule has 2 aromatic carbocycles. The number of anilines is 1. The summed E-state index contributed by atoms with van der Waals surface area (Å²) in [5, 5.41) is 9.17. The van der Waals surface area contributed by atoms with Crippen LogP contribution in [0.15, 0.2) is 42.5 Å². The van der Waals surface area contributed by atoms with Gasteiger partial charge in [0.1, 0.15) is 23.7 Å². The van der Waals surface area contributed by atoms with Gasteiger partial charge >= 0.3 is 5.97 Å². The molecule has 0 aliphatic heterocycles. The smallest absolute Gasteiger partial charge is 0.342 e. The molecule has 0 spiro atoms. The molecular formula is C15H15NO4. The Morgan fingerprint density at radius 1 is 1.20 bits per heavy atom. The second kappa shape index (κ2) is 5.97. The molecule has 0 saturated carbocycles. The van der Waals surface area contributed by atoms with E-state index < -0.39 is 5.97 Å². The molecule has 20 heavy (non-hydrogen) atoms. The fraction of sp³-hybridized carbons (Fsp3) is 0.133. The highest BCUT2D eigenvalue weighted by molar-refractivity contribution is 5.93. The van der Waals surface area contributed by atoms with E-state index in [4.69, 9.17) is 15.2 Å². The molecular weight excluding hydrogens is 258 g/mol. The van der Waals surface area contributed by atoms with Crippen LogP contribution in [0.5, 0.6) is 11.5 Å². The predicted molar refractivity (Wildman–Crippen MR) is 74.6 cm³/mol. The van der Waals surface area contributed by atoms with E-state index in [0.29, 0.717) is 17.0 Å². The number of hydrogen-bond donors (Lipinski definition) is 2. The lowest BCUT2D eigenvalue weighted by atomic mass is 10.2. The Bertz CT molecular complexity index is 608. The van der Waals surface area contributed by atoms with Gasteiger partial charge < -0.3 is 20.3 Å². The first kappa shape index (κ1) is 13.7. The van der Waals surface area contributed by atoms with Gasteiger partial charge in [0.05, 0.1) is 7.11 Å². The Kier molecular flexibility index (Phi) is 4.10. The van der Waals surface area contributed by atoms with Crippen molar-refractivity contribution in [3.8, 4) is 11.5 Å². The molecule has 3 N–H and O–H groups in total. The number of nitrogen functional groups attached to an aromatic ring is 1. The molecule has 5 heteroatoms. The summed E-state index contributed by atoms with van der Waals surface area (Å²) in [6.45, 7) is 0.118. The van der Waals surface area contributed by atoms with E-state index in [9.17, 15) is 9.90 Å². The number of methoxy groups -OCH3 is 1. The number of rotatable bonds is 4. The van der Waals surface area contributed by atoms with Crippen LogP contribution in [0.4, 0.5) is 5.69 Å². The average Bonchev–Trinajstić information content (AvgIpc) is 2.46. The van der Waals surface area contributed by atoms with Crippen LogP contribution in [0, 0.1) is 0 Å². The number of carbonyl (C=O) groups is 1. The zero-order valence-corrected chi connectivity index (χ0v) is 11.0. The second-order valence-corrected chi connectivity index (χ2v) is 4.20. The van der Waals surface area contributed by atoms with E-state index in [0.717, 1.165) is 5.56 Å². The molecule has 0 radical (unpaired) electrons. The number of ether oxygens (including phenoxy) is 2. The molecule has 0 amide bonds. The third-order valence-corrected chi connectivity index (χ3v) is 2.75. The van der Waals surface area contributed by atoms with E-state index in [2.05, 4.69) is 0 Å². The summed E-state index contributed by atoms with van der Waals surface area (Å²) in [7, 11) is 1.46. The molecule has 0 aromatic heterocycles. The van der Waals surface area contributed by atoms with Gasteiger partial charge in [-0.2, -0.15) is 0 Å². The summed E-state index contributed by atoms with van der Waals surface area (Å²) in [5.41, 5.74) is 7.24. The Balaban J connectivity index is 2.07. The summed E-state index contributed by atoms with van der Waals surface area (Å²) in [5.74, 6) is 0.0518. The first-order chi connectivity index (χ1) is 9.60. The fourth-order valence-corrected chi connectivity index (χ4v) is 1.70. The van der Waals surface area contributed by atoms with Crippen LogP contribution in [0.2, 0.25) is 0 Å². The molecule has 0 aliphatic rings. The van der Waals surface area contributed by atoms with Crippen LogP contribution in [-0.4, -0.2) is 18.2 Å². The van der Waals surface area contributed by atoms with Gasteiger partial charge in [0, 0.05) is 11.8 Å². The number of carbonyl (C=O) groups excluding carboxylic acids is 1. The van der Waals surface area contributed by atoms with Gasteiger partial charge in [-0.05, 0) is 29.8 Å². The Morgan fingerprint density at radius 2 is 1.90 bits per heavy atom. The minimum absolute atomic E-state index is 0.118. The zero-order chi connectivity index (χ0) is 14.5. The molecule has 0 atom stereocenters. The van der Waals surface area contributed by atoms with Crippen molar-refractivity contribution in [3.05, 3.63) is 53.6 Å². The first-order valence-electron chi connectivity index (χ1n) is 5.98. The van der Waals surface area contributed by atoms with Crippen molar-refractivity contribution in [3.63, 3.8) is 0 Å². The van der Waals surface area contributed by atoms with E-state index in [1.165, 1.54) is 19.2 Å². The maximum Gasteiger partial charge on any atom is 0.342 e. The SMILES string of the molecule is COc1cc(N)ccc1C(=O)OCc1ccc(O)cc1. The Labute approximate surface area is 116 Å². The van der Waals surface area contributed by atoms with Crippen LogP contribution >= 0.6 is 0 Å². The topological polar surface area (TPSA) is 81.8 Å². The van der Waals surface area contributed by atoms with Gasteiger partial charge in [0.25, 0.3) is 0 Å². The van der Waals surface area contributed by atoms with Crippen molar-refractivity contribution >= 4 is 11.7 Å². The zero-order valence-electron chi connectivity index (χ0n) is 11.0. The van der Waals surface area contributed by atoms with Gasteiger partial charge in [0.15, 0.2) is 0 Å². The highest BCUT2D eigenvalue weighted by Crippen LogP contribution is 2.22. The molecule has 2 aromatic rings. The van der Waals surface area contributed by atoms with E-state index in [-0.39, 0.29) is 12.4 Å². The second-order valence-electron chi connectivity index (χ2n) is 4.20. The normalized spacial score (nSPS) is 10.1. The molecule has 0 fully saturated rings. The van der Waals surface area contributed by atoms with Crippen LogP contribution in [-0.2, 0) is 11.3 Å². The summed E-state index contributed by atoms with van der Waals surface area (Å²) < 4.78 is 10.3. The number of benzene rings is 2. The summed E-state index contributed by atoms with van der Waals surface area (Å²) in [4.78, 5) is 12.0. The van der Waals surface area contributed by atoms with Crippen molar-refractivity contribution in [1.82, 2.24) is 0 Å². The van der Waals surface area contributed by atoms with Crippen molar-refractivity contribution in [2.45, 2.75) is 6.61 Å². The molecule has 104 valence electrons. The van der Waals surface area contributed by atoms with Gasteiger partial charge in [0.2, 0.25) is 0 Å². The highest BCUT2D eigenvalue weighted by Gasteiger charge is 2.14. The molecule has 0 saturated heterocycles. The lowest BCUT2D eigenvalue weighted by Crippen LogP contribution is -2.07. The van der Waals surface area contributed by atoms with Gasteiger partial charge in [-0.25, -0.2) is 4.79 Å². The standard InChI is InChI=1S/C15H15NO4/c1-19-14-8-11(16)4-7-13(14)15(18)20-9-10-2-5-12(17)6-3-10/h2-8,17H,9,16H2,1H3. The first-order valence-corrected chi connectivity index (χ1v) is 5.98. The van der Waals surface area contributed by atoms with Crippen molar-refractivity contribution < 1.29 is 19.4 Å². The Morgan fingerprint density at radius 3 is 2.55 bits per heavy atom. The number of phenols is 1. The number of esters is 1. The van der Waals surface area contributed by atoms with Crippen molar-refractivity contribution in [2.24, 2.45) is 0 Å². The largest absolute Gasteiger partial charge is 0.508 e. The van der Waals surface area contributed by atoms with E-state index in [1.807, 2.05) is 0 Å². The van der Waals surface area contributed by atoms with Gasteiger partial charge in [-0.1, -0.05) is 12.1 Å². The maximum absolute atomic E-state index is 12.0.